The van der Waals surface area contributed by atoms with Crippen molar-refractivity contribution in [1.29, 1.82) is 0 Å². The van der Waals surface area contributed by atoms with Crippen molar-refractivity contribution in [2.75, 3.05) is 0 Å². The Kier molecular flexibility index (Phi) is 4.93. The van der Waals surface area contributed by atoms with Crippen LogP contribution in [-0.4, -0.2) is 26.8 Å². The third-order valence-electron chi connectivity index (χ3n) is 5.01. The predicted molar refractivity (Wildman–Crippen MR) is 84.2 cm³/mol. The van der Waals surface area contributed by atoms with Gasteiger partial charge in [0.15, 0.2) is 0 Å². The van der Waals surface area contributed by atoms with Gasteiger partial charge >= 0.3 is 0 Å². The summed E-state index contributed by atoms with van der Waals surface area (Å²) in [5.41, 5.74) is 1.62. The molecule has 3 rings (SSSR count). The van der Waals surface area contributed by atoms with Crippen molar-refractivity contribution in [3.05, 3.63) is 11.4 Å². The van der Waals surface area contributed by atoms with E-state index in [9.17, 15) is 9.59 Å². The summed E-state index contributed by atoms with van der Waals surface area (Å²) in [5, 5.41) is 13.9. The first kappa shape index (κ1) is 16.0. The Hall–Kier alpha value is -1.92. The Bertz CT molecular complexity index is 577. The number of carbonyl (C=O) groups excluding carboxylic acids is 2. The molecule has 0 saturated heterocycles. The van der Waals surface area contributed by atoms with Crippen molar-refractivity contribution < 1.29 is 9.59 Å². The lowest BCUT2D eigenvalue weighted by Gasteiger charge is -2.21. The maximum atomic E-state index is 12.0. The fourth-order valence-corrected chi connectivity index (χ4v) is 3.49. The van der Waals surface area contributed by atoms with Crippen LogP contribution in [0.4, 0.5) is 0 Å². The van der Waals surface area contributed by atoms with Crippen molar-refractivity contribution in [2.24, 2.45) is 5.92 Å². The molecule has 2 aliphatic rings. The van der Waals surface area contributed by atoms with Crippen LogP contribution in [0, 0.1) is 5.92 Å². The Morgan fingerprint density at radius 2 is 2.13 bits per heavy atom. The maximum absolute atomic E-state index is 12.0. The van der Waals surface area contributed by atoms with Crippen molar-refractivity contribution in [3.63, 3.8) is 0 Å². The lowest BCUT2D eigenvalue weighted by Crippen LogP contribution is -2.38. The van der Waals surface area contributed by atoms with Gasteiger partial charge in [0.1, 0.15) is 11.7 Å². The van der Waals surface area contributed by atoms with Gasteiger partial charge in [-0.05, 0) is 19.3 Å². The van der Waals surface area contributed by atoms with Gasteiger partial charge in [-0.2, -0.15) is 0 Å². The Labute approximate surface area is 136 Å². The van der Waals surface area contributed by atoms with Gasteiger partial charge in [-0.1, -0.05) is 37.3 Å². The molecule has 1 fully saturated rings. The largest absolute Gasteiger partial charge is 0.350 e. The third-order valence-corrected chi connectivity index (χ3v) is 5.01. The normalized spacial score (nSPS) is 21.6. The van der Waals surface area contributed by atoms with Crippen LogP contribution >= 0.6 is 0 Å². The van der Waals surface area contributed by atoms with E-state index in [1.54, 1.807) is 11.6 Å². The number of nitrogens with one attached hydrogen (secondary N) is 2. The fourth-order valence-electron chi connectivity index (χ4n) is 3.49. The molecule has 1 aromatic rings. The smallest absolute Gasteiger partial charge is 0.244 e. The SMILES string of the molecule is CC1C(=O)NCc2c(CNC(=O)CCC3CCCCC3)nnn21. The van der Waals surface area contributed by atoms with Gasteiger partial charge in [-0.15, -0.1) is 5.10 Å². The number of rotatable bonds is 5. The second-order valence-electron chi connectivity index (χ2n) is 6.64. The minimum absolute atomic E-state index is 0.0505. The highest BCUT2D eigenvalue weighted by molar-refractivity contribution is 5.80. The first-order valence-electron chi connectivity index (χ1n) is 8.62. The maximum Gasteiger partial charge on any atom is 0.244 e. The lowest BCUT2D eigenvalue weighted by molar-refractivity contribution is -0.125. The lowest BCUT2D eigenvalue weighted by atomic mass is 9.86. The van der Waals surface area contributed by atoms with Crippen LogP contribution in [-0.2, 0) is 22.7 Å². The zero-order valence-electron chi connectivity index (χ0n) is 13.7. The van der Waals surface area contributed by atoms with E-state index >= 15 is 0 Å². The number of nitrogens with zero attached hydrogens (tertiary/aromatic N) is 3. The van der Waals surface area contributed by atoms with E-state index in [4.69, 9.17) is 0 Å². The summed E-state index contributed by atoms with van der Waals surface area (Å²) in [6.45, 7) is 2.59. The highest BCUT2D eigenvalue weighted by Gasteiger charge is 2.27. The minimum atomic E-state index is -0.345. The molecule has 126 valence electrons. The van der Waals surface area contributed by atoms with Crippen molar-refractivity contribution >= 4 is 11.8 Å². The zero-order valence-corrected chi connectivity index (χ0v) is 13.7. The van der Waals surface area contributed by atoms with E-state index in [2.05, 4.69) is 20.9 Å². The number of aromatic nitrogens is 3. The molecule has 2 amide bonds. The van der Waals surface area contributed by atoms with E-state index in [1.807, 2.05) is 0 Å². The minimum Gasteiger partial charge on any atom is -0.350 e. The molecular weight excluding hydrogens is 294 g/mol. The van der Waals surface area contributed by atoms with Crippen LogP contribution in [0.15, 0.2) is 0 Å². The van der Waals surface area contributed by atoms with E-state index in [1.165, 1.54) is 32.1 Å². The van der Waals surface area contributed by atoms with Crippen molar-refractivity contribution in [2.45, 2.75) is 71.0 Å². The van der Waals surface area contributed by atoms with E-state index in [0.29, 0.717) is 25.4 Å². The summed E-state index contributed by atoms with van der Waals surface area (Å²) in [5.74, 6) is 0.739. The third kappa shape index (κ3) is 3.71. The number of hydrogen-bond donors (Lipinski definition) is 2. The molecule has 0 spiro atoms. The molecule has 0 radical (unpaired) electrons. The Morgan fingerprint density at radius 3 is 2.91 bits per heavy atom. The average molecular weight is 319 g/mol. The molecule has 1 aliphatic heterocycles. The topological polar surface area (TPSA) is 88.9 Å². The van der Waals surface area contributed by atoms with E-state index in [-0.39, 0.29) is 17.9 Å². The van der Waals surface area contributed by atoms with Gasteiger partial charge in [0, 0.05) is 6.42 Å². The molecule has 7 nitrogen and oxygen atoms in total. The number of hydrogen-bond acceptors (Lipinski definition) is 4. The van der Waals surface area contributed by atoms with E-state index < -0.39 is 0 Å². The van der Waals surface area contributed by atoms with Crippen LogP contribution in [0.5, 0.6) is 0 Å². The molecule has 1 atom stereocenters. The molecule has 1 aromatic heterocycles. The Balaban J connectivity index is 1.48. The molecule has 2 N–H and O–H groups in total. The molecule has 23 heavy (non-hydrogen) atoms. The first-order valence-corrected chi connectivity index (χ1v) is 8.62. The van der Waals surface area contributed by atoms with Gasteiger partial charge < -0.3 is 10.6 Å². The van der Waals surface area contributed by atoms with Gasteiger partial charge in [-0.25, -0.2) is 4.68 Å². The van der Waals surface area contributed by atoms with Crippen LogP contribution in [0.1, 0.15) is 69.3 Å². The summed E-state index contributed by atoms with van der Waals surface area (Å²) < 4.78 is 1.64. The Morgan fingerprint density at radius 1 is 1.35 bits per heavy atom. The molecular formula is C16H25N5O2. The quantitative estimate of drug-likeness (QED) is 0.859. The van der Waals surface area contributed by atoms with Crippen LogP contribution in [0.2, 0.25) is 0 Å². The summed E-state index contributed by atoms with van der Waals surface area (Å²) >= 11 is 0. The predicted octanol–water partition coefficient (Wildman–Crippen LogP) is 1.45. The molecule has 1 saturated carbocycles. The molecule has 1 aliphatic carbocycles. The first-order chi connectivity index (χ1) is 11.1. The second-order valence-corrected chi connectivity index (χ2v) is 6.64. The van der Waals surface area contributed by atoms with Crippen molar-refractivity contribution in [1.82, 2.24) is 25.6 Å². The summed E-state index contributed by atoms with van der Waals surface area (Å²) in [4.78, 5) is 23.6. The average Bonchev–Trinajstić information content (AvgIpc) is 2.99. The molecule has 0 bridgehead atoms. The van der Waals surface area contributed by atoms with Crippen LogP contribution < -0.4 is 10.6 Å². The summed E-state index contributed by atoms with van der Waals surface area (Å²) in [7, 11) is 0. The molecule has 1 unspecified atom stereocenters. The fraction of sp³-hybridized carbons (Fsp3) is 0.750. The van der Waals surface area contributed by atoms with Gasteiger partial charge in [-0.3, -0.25) is 9.59 Å². The standard InChI is InChI=1S/C16H25N5O2/c1-11-16(23)18-10-14-13(19-20-21(11)14)9-17-15(22)8-7-12-5-3-2-4-6-12/h11-12H,2-10H2,1H3,(H,17,22)(H,18,23). The molecule has 7 heteroatoms. The van der Waals surface area contributed by atoms with Gasteiger partial charge in [0.25, 0.3) is 0 Å². The van der Waals surface area contributed by atoms with Gasteiger partial charge in [0.05, 0.1) is 18.8 Å². The van der Waals surface area contributed by atoms with Gasteiger partial charge in [0.2, 0.25) is 11.8 Å². The summed E-state index contributed by atoms with van der Waals surface area (Å²) in [6.07, 6.45) is 8.06. The number of carbonyl (C=O) groups is 2. The van der Waals surface area contributed by atoms with Crippen molar-refractivity contribution in [3.8, 4) is 0 Å². The molecule has 0 aromatic carbocycles. The number of fused-ring (bicyclic) bond motifs is 1. The second kappa shape index (κ2) is 7.10. The highest BCUT2D eigenvalue weighted by Crippen LogP contribution is 2.27. The van der Waals surface area contributed by atoms with E-state index in [0.717, 1.165) is 17.8 Å². The van der Waals surface area contributed by atoms with Crippen LogP contribution in [0.25, 0.3) is 0 Å². The zero-order chi connectivity index (χ0) is 16.2. The monoisotopic (exact) mass is 319 g/mol. The summed E-state index contributed by atoms with van der Waals surface area (Å²) in [6, 6.07) is -0.345. The number of amides is 2. The van der Waals surface area contributed by atoms with Crippen LogP contribution in [0.3, 0.4) is 0 Å². The molecule has 2 heterocycles. The highest BCUT2D eigenvalue weighted by atomic mass is 16.2.